The molecule has 1 N–H and O–H groups in total. The molecular formula is C12H8ClNO3. The van der Waals surface area contributed by atoms with Crippen LogP contribution in [0.4, 0.5) is 5.69 Å². The molecule has 0 bridgehead atoms. The van der Waals surface area contributed by atoms with Crippen LogP contribution in [-0.2, 0) is 0 Å². The average Bonchev–Trinajstić information content (AvgIpc) is 2.33. The van der Waals surface area contributed by atoms with Crippen LogP contribution in [0.15, 0.2) is 42.5 Å². The summed E-state index contributed by atoms with van der Waals surface area (Å²) >= 11 is 5.66. The summed E-state index contributed by atoms with van der Waals surface area (Å²) in [7, 11) is 0. The van der Waals surface area contributed by atoms with Crippen molar-refractivity contribution in [2.75, 3.05) is 0 Å². The van der Waals surface area contributed by atoms with Crippen molar-refractivity contribution in [2.45, 2.75) is 0 Å². The lowest BCUT2D eigenvalue weighted by Gasteiger charge is -2.05. The van der Waals surface area contributed by atoms with Crippen LogP contribution < -0.4 is 0 Å². The number of nitro groups is 1. The maximum atomic E-state index is 11.0. The van der Waals surface area contributed by atoms with Crippen molar-refractivity contribution in [1.82, 2.24) is 0 Å². The highest BCUT2D eigenvalue weighted by atomic mass is 35.5. The third-order valence-electron chi connectivity index (χ3n) is 2.37. The Morgan fingerprint density at radius 3 is 2.35 bits per heavy atom. The molecule has 2 aromatic rings. The van der Waals surface area contributed by atoms with Crippen molar-refractivity contribution < 1.29 is 10.0 Å². The van der Waals surface area contributed by atoms with Gasteiger partial charge in [-0.2, -0.15) is 0 Å². The van der Waals surface area contributed by atoms with Gasteiger partial charge in [0.1, 0.15) is 0 Å². The molecule has 0 aliphatic carbocycles. The molecule has 0 spiro atoms. The third kappa shape index (κ3) is 2.07. The maximum absolute atomic E-state index is 11.0. The van der Waals surface area contributed by atoms with E-state index in [9.17, 15) is 15.2 Å². The van der Waals surface area contributed by atoms with Crippen molar-refractivity contribution in [3.63, 3.8) is 0 Å². The van der Waals surface area contributed by atoms with Gasteiger partial charge in [-0.15, -0.1) is 0 Å². The van der Waals surface area contributed by atoms with Crippen LogP contribution >= 0.6 is 11.6 Å². The van der Waals surface area contributed by atoms with Gasteiger partial charge in [0.15, 0.2) is 0 Å². The molecular weight excluding hydrogens is 242 g/mol. The van der Waals surface area contributed by atoms with Crippen LogP contribution in [0.25, 0.3) is 11.1 Å². The van der Waals surface area contributed by atoms with Crippen LogP contribution in [0.5, 0.6) is 5.75 Å². The average molecular weight is 250 g/mol. The number of nitrogens with zero attached hydrogens (tertiary/aromatic N) is 1. The van der Waals surface area contributed by atoms with Crippen molar-refractivity contribution in [3.8, 4) is 16.9 Å². The SMILES string of the molecule is O=[N+]([O-])c1c(-c2ccccc2)ccc(Cl)c1O. The fraction of sp³-hybridized carbons (Fsp3) is 0. The van der Waals surface area contributed by atoms with E-state index < -0.39 is 10.7 Å². The van der Waals surface area contributed by atoms with Gasteiger partial charge in [0.25, 0.3) is 0 Å². The standard InChI is InChI=1S/C12H8ClNO3/c13-10-7-6-9(8-4-2-1-3-5-8)11(12(10)15)14(16)17/h1-7,15H. The molecule has 0 unspecified atom stereocenters. The van der Waals surface area contributed by atoms with E-state index in [1.165, 1.54) is 12.1 Å². The van der Waals surface area contributed by atoms with E-state index in [1.807, 2.05) is 6.07 Å². The lowest BCUT2D eigenvalue weighted by Crippen LogP contribution is -1.93. The predicted molar refractivity (Wildman–Crippen MR) is 65.2 cm³/mol. The van der Waals surface area contributed by atoms with Gasteiger partial charge in [-0.1, -0.05) is 41.9 Å². The fourth-order valence-corrected chi connectivity index (χ4v) is 1.74. The second-order valence-electron chi connectivity index (χ2n) is 3.42. The summed E-state index contributed by atoms with van der Waals surface area (Å²) in [4.78, 5) is 10.3. The number of benzene rings is 2. The van der Waals surface area contributed by atoms with Crippen LogP contribution in [-0.4, -0.2) is 10.0 Å². The van der Waals surface area contributed by atoms with Crippen molar-refractivity contribution in [1.29, 1.82) is 0 Å². The number of phenols is 1. The molecule has 5 heteroatoms. The lowest BCUT2D eigenvalue weighted by molar-refractivity contribution is -0.385. The van der Waals surface area contributed by atoms with Gasteiger partial charge in [-0.25, -0.2) is 0 Å². The number of phenolic OH excluding ortho intramolecular Hbond substituents is 1. The molecule has 0 amide bonds. The molecule has 0 aliphatic rings. The summed E-state index contributed by atoms with van der Waals surface area (Å²) in [5, 5.41) is 20.6. The summed E-state index contributed by atoms with van der Waals surface area (Å²) < 4.78 is 0. The Balaban J connectivity index is 2.71. The van der Waals surface area contributed by atoms with Crippen molar-refractivity contribution >= 4 is 17.3 Å². The van der Waals surface area contributed by atoms with E-state index in [2.05, 4.69) is 0 Å². The molecule has 0 saturated heterocycles. The Labute approximate surface area is 102 Å². The Morgan fingerprint density at radius 2 is 1.76 bits per heavy atom. The molecule has 17 heavy (non-hydrogen) atoms. The highest BCUT2D eigenvalue weighted by Crippen LogP contribution is 2.41. The molecule has 0 aliphatic heterocycles. The van der Waals surface area contributed by atoms with Gasteiger partial charge in [0.2, 0.25) is 5.75 Å². The maximum Gasteiger partial charge on any atom is 0.320 e. The van der Waals surface area contributed by atoms with E-state index in [0.717, 1.165) is 0 Å². The quantitative estimate of drug-likeness (QED) is 0.653. The van der Waals surface area contributed by atoms with E-state index in [1.54, 1.807) is 24.3 Å². The topological polar surface area (TPSA) is 63.4 Å². The van der Waals surface area contributed by atoms with Gasteiger partial charge in [-0.05, 0) is 17.7 Å². The minimum atomic E-state index is -0.635. The van der Waals surface area contributed by atoms with Gasteiger partial charge in [0.05, 0.1) is 15.5 Å². The minimum Gasteiger partial charge on any atom is -0.501 e. The Bertz CT molecular complexity index is 569. The molecule has 0 aromatic heterocycles. The molecule has 0 atom stereocenters. The Hall–Kier alpha value is -2.07. The van der Waals surface area contributed by atoms with Crippen LogP contribution in [0, 0.1) is 10.1 Å². The van der Waals surface area contributed by atoms with Crippen LogP contribution in [0.1, 0.15) is 0 Å². The summed E-state index contributed by atoms with van der Waals surface area (Å²) in [6, 6.07) is 11.8. The number of aromatic hydroxyl groups is 1. The van der Waals surface area contributed by atoms with E-state index >= 15 is 0 Å². The second-order valence-corrected chi connectivity index (χ2v) is 3.82. The lowest BCUT2D eigenvalue weighted by atomic mass is 10.0. The molecule has 0 saturated carbocycles. The monoisotopic (exact) mass is 249 g/mol. The molecule has 86 valence electrons. The van der Waals surface area contributed by atoms with Gasteiger partial charge in [0, 0.05) is 0 Å². The number of rotatable bonds is 2. The number of halogens is 1. The predicted octanol–water partition coefficient (Wildman–Crippen LogP) is 3.62. The molecule has 2 rings (SSSR count). The zero-order valence-corrected chi connectivity index (χ0v) is 9.39. The third-order valence-corrected chi connectivity index (χ3v) is 2.67. The smallest absolute Gasteiger partial charge is 0.320 e. The largest absolute Gasteiger partial charge is 0.501 e. The van der Waals surface area contributed by atoms with E-state index in [-0.39, 0.29) is 10.7 Å². The first-order valence-electron chi connectivity index (χ1n) is 4.82. The first kappa shape index (κ1) is 11.4. The summed E-state index contributed by atoms with van der Waals surface area (Å²) in [6.07, 6.45) is 0. The van der Waals surface area contributed by atoms with Crippen LogP contribution in [0.3, 0.4) is 0 Å². The number of hydrogen-bond donors (Lipinski definition) is 1. The minimum absolute atomic E-state index is 0.0311. The van der Waals surface area contributed by atoms with Crippen molar-refractivity contribution in [3.05, 3.63) is 57.6 Å². The molecule has 0 fully saturated rings. The normalized spacial score (nSPS) is 10.2. The number of hydrogen-bond acceptors (Lipinski definition) is 3. The zero-order valence-electron chi connectivity index (χ0n) is 8.63. The Morgan fingerprint density at radius 1 is 1.12 bits per heavy atom. The highest BCUT2D eigenvalue weighted by Gasteiger charge is 2.22. The van der Waals surface area contributed by atoms with Crippen LogP contribution in [0.2, 0.25) is 5.02 Å². The fourth-order valence-electron chi connectivity index (χ4n) is 1.59. The summed E-state index contributed by atoms with van der Waals surface area (Å²) in [5.74, 6) is -0.502. The van der Waals surface area contributed by atoms with Crippen molar-refractivity contribution in [2.24, 2.45) is 0 Å². The first-order chi connectivity index (χ1) is 8.11. The number of nitro benzene ring substituents is 1. The van der Waals surface area contributed by atoms with Gasteiger partial charge >= 0.3 is 5.69 Å². The molecule has 0 heterocycles. The van der Waals surface area contributed by atoms with E-state index in [0.29, 0.717) is 11.1 Å². The van der Waals surface area contributed by atoms with Gasteiger partial charge in [-0.3, -0.25) is 10.1 Å². The highest BCUT2D eigenvalue weighted by molar-refractivity contribution is 6.32. The summed E-state index contributed by atoms with van der Waals surface area (Å²) in [6.45, 7) is 0. The molecule has 2 aromatic carbocycles. The van der Waals surface area contributed by atoms with Gasteiger partial charge < -0.3 is 5.11 Å². The molecule has 0 radical (unpaired) electrons. The first-order valence-corrected chi connectivity index (χ1v) is 5.20. The summed E-state index contributed by atoms with van der Waals surface area (Å²) in [5.41, 5.74) is 0.632. The zero-order chi connectivity index (χ0) is 12.4. The Kier molecular flexibility index (Phi) is 2.97. The van der Waals surface area contributed by atoms with E-state index in [4.69, 9.17) is 11.6 Å². The molecule has 4 nitrogen and oxygen atoms in total. The second kappa shape index (κ2) is 4.43.